The molecule has 0 aliphatic carbocycles. The average Bonchev–Trinajstić information content (AvgIpc) is 3.96. The lowest BCUT2D eigenvalue weighted by atomic mass is 9.88. The molecule has 0 radical (unpaired) electrons. The van der Waals surface area contributed by atoms with Crippen LogP contribution in [0.2, 0.25) is 0 Å². The number of fused-ring (bicyclic) bond motifs is 4. The lowest BCUT2D eigenvalue weighted by Crippen LogP contribution is -2.24. The molecule has 69 heavy (non-hydrogen) atoms. The van der Waals surface area contributed by atoms with Crippen molar-refractivity contribution in [2.75, 3.05) is 0 Å². The minimum absolute atomic E-state index is 0.0395. The van der Waals surface area contributed by atoms with Crippen molar-refractivity contribution in [3.63, 3.8) is 0 Å². The van der Waals surface area contributed by atoms with Crippen molar-refractivity contribution in [2.24, 2.45) is 7.05 Å². The van der Waals surface area contributed by atoms with E-state index in [1.165, 1.54) is 64.8 Å². The number of nitrogens with one attached hydrogen (secondary N) is 1. The van der Waals surface area contributed by atoms with E-state index < -0.39 is 0 Å². The zero-order chi connectivity index (χ0) is 52.2. The van der Waals surface area contributed by atoms with Gasteiger partial charge in [0.05, 0.1) is 11.2 Å². The van der Waals surface area contributed by atoms with Gasteiger partial charge in [-0.1, -0.05) is 218 Å². The third-order valence-corrected chi connectivity index (χ3v) is 14.6. The third kappa shape index (κ3) is 12.3. The molecule has 5 heterocycles. The van der Waals surface area contributed by atoms with Gasteiger partial charge in [-0.3, -0.25) is 0 Å². The lowest BCUT2D eigenvalue weighted by Gasteiger charge is -2.25. The second kappa shape index (κ2) is 19.2. The van der Waals surface area contributed by atoms with Gasteiger partial charge in [-0.05, 0) is 54.5 Å². The standard InChI is InChI=1S/C17H25N.C16H23N.C16H22S.C14H21N3/c1-16(2,3)14-12-10-8-9-11-13(12)15(18(14)7)17(4,5)6;2*1-15(2,3)13-11-9-7-8-10-12(11)14(17-13)16(4,5)6;1-13(2,3)11-10-8-7-9-15-12(10)17(16-11)14(4,5)6/h8-11H,1-7H3;7-10,17H,1-6H3;7-10H,1-6H3;7-9H,1-6H3. The van der Waals surface area contributed by atoms with Gasteiger partial charge in [-0.25, -0.2) is 9.67 Å². The third-order valence-electron chi connectivity index (χ3n) is 12.5. The summed E-state index contributed by atoms with van der Waals surface area (Å²) in [6.45, 7) is 54.2. The van der Waals surface area contributed by atoms with E-state index in [0.717, 1.165) is 16.7 Å². The van der Waals surface area contributed by atoms with Crippen molar-refractivity contribution >= 4 is 54.7 Å². The van der Waals surface area contributed by atoms with Crippen LogP contribution in [0.5, 0.6) is 0 Å². The summed E-state index contributed by atoms with van der Waals surface area (Å²) in [5.41, 5.74) is 8.75. The molecule has 8 aromatic rings. The minimum Gasteiger partial charge on any atom is -0.360 e. The Labute approximate surface area is 422 Å². The van der Waals surface area contributed by atoms with Crippen LogP contribution in [-0.2, 0) is 50.5 Å². The molecule has 1 N–H and O–H groups in total. The Kier molecular flexibility index (Phi) is 15.3. The number of H-pyrrole nitrogens is 1. The van der Waals surface area contributed by atoms with Gasteiger partial charge < -0.3 is 9.55 Å². The molecule has 0 aliphatic heterocycles. The van der Waals surface area contributed by atoms with Gasteiger partial charge in [0.25, 0.3) is 0 Å². The number of aromatic nitrogens is 5. The van der Waals surface area contributed by atoms with Crippen LogP contribution in [0.25, 0.3) is 43.4 Å². The van der Waals surface area contributed by atoms with E-state index in [4.69, 9.17) is 5.10 Å². The van der Waals surface area contributed by atoms with E-state index in [1.54, 1.807) is 0 Å². The van der Waals surface area contributed by atoms with Gasteiger partial charge in [0.1, 0.15) is 0 Å². The highest BCUT2D eigenvalue weighted by molar-refractivity contribution is 7.14. The molecule has 0 saturated heterocycles. The molecule has 0 fully saturated rings. The molecule has 3 aromatic carbocycles. The Morgan fingerprint density at radius 2 is 0.739 bits per heavy atom. The summed E-state index contributed by atoms with van der Waals surface area (Å²) in [6.07, 6.45) is 1.83. The SMILES string of the molecule is CC(C)(C)c1[nH]c(C(C)(C)C)c2ccccc12.CC(C)(C)c1nn(C(C)(C)C)c2ncccc12.CC(C)(C)c1sc(C(C)(C)C)c2ccccc12.Cn1c(C(C)(C)C)c2ccccc2c1C(C)(C)C. The molecule has 6 heteroatoms. The highest BCUT2D eigenvalue weighted by Crippen LogP contribution is 2.44. The number of hydrogen-bond donors (Lipinski definition) is 1. The number of pyridine rings is 1. The molecule has 0 bridgehead atoms. The molecule has 0 saturated carbocycles. The summed E-state index contributed by atoms with van der Waals surface area (Å²) in [6, 6.07) is 30.4. The van der Waals surface area contributed by atoms with Gasteiger partial charge in [0, 0.05) is 99.8 Å². The molecule has 8 rings (SSSR count). The summed E-state index contributed by atoms with van der Waals surface area (Å²) in [5, 5.41) is 14.4. The van der Waals surface area contributed by atoms with Crippen molar-refractivity contribution in [1.82, 2.24) is 24.3 Å². The Bertz CT molecular complexity index is 2570. The van der Waals surface area contributed by atoms with Crippen LogP contribution in [0.1, 0.15) is 204 Å². The number of aromatic amines is 1. The van der Waals surface area contributed by atoms with Gasteiger partial charge in [0.2, 0.25) is 0 Å². The number of thiophene rings is 1. The molecule has 0 spiro atoms. The normalized spacial score (nSPS) is 13.3. The van der Waals surface area contributed by atoms with Crippen LogP contribution in [0.15, 0.2) is 91.1 Å². The highest BCUT2D eigenvalue weighted by Gasteiger charge is 2.31. The van der Waals surface area contributed by atoms with Gasteiger partial charge in [0.15, 0.2) is 5.65 Å². The monoisotopic (exact) mass is 950 g/mol. The fraction of sp³-hybridized carbons (Fsp3) is 0.524. The van der Waals surface area contributed by atoms with Crippen molar-refractivity contribution < 1.29 is 0 Å². The highest BCUT2D eigenvalue weighted by atomic mass is 32.1. The van der Waals surface area contributed by atoms with Crippen molar-refractivity contribution in [3.05, 3.63) is 129 Å². The van der Waals surface area contributed by atoms with Gasteiger partial charge >= 0.3 is 0 Å². The van der Waals surface area contributed by atoms with Crippen LogP contribution in [0, 0.1) is 0 Å². The van der Waals surface area contributed by atoms with Crippen LogP contribution in [0.4, 0.5) is 0 Å². The first-order valence-corrected chi connectivity index (χ1v) is 26.2. The fourth-order valence-electron chi connectivity index (χ4n) is 9.72. The number of rotatable bonds is 0. The van der Waals surface area contributed by atoms with Gasteiger partial charge in [-0.2, -0.15) is 5.10 Å². The summed E-state index contributed by atoms with van der Waals surface area (Å²) < 4.78 is 4.44. The molecule has 0 aliphatic rings. The van der Waals surface area contributed by atoms with E-state index >= 15 is 0 Å². The zero-order valence-electron chi connectivity index (χ0n) is 47.9. The molecule has 5 nitrogen and oxygen atoms in total. The van der Waals surface area contributed by atoms with Gasteiger partial charge in [-0.15, -0.1) is 11.3 Å². The van der Waals surface area contributed by atoms with Crippen molar-refractivity contribution in [1.29, 1.82) is 0 Å². The molecule has 0 unspecified atom stereocenters. The van der Waals surface area contributed by atoms with Crippen LogP contribution >= 0.6 is 11.3 Å². The molecule has 0 atom stereocenters. The van der Waals surface area contributed by atoms with Crippen LogP contribution in [0.3, 0.4) is 0 Å². The Balaban J connectivity index is 0.000000172. The summed E-state index contributed by atoms with van der Waals surface area (Å²) in [5.74, 6) is 0. The Hall–Kier alpha value is -4.68. The Morgan fingerprint density at radius 3 is 1.06 bits per heavy atom. The average molecular weight is 951 g/mol. The summed E-state index contributed by atoms with van der Waals surface area (Å²) in [7, 11) is 2.21. The minimum atomic E-state index is -0.0455. The molecule has 0 amide bonds. The van der Waals surface area contributed by atoms with Crippen LogP contribution in [-0.4, -0.2) is 24.3 Å². The zero-order valence-corrected chi connectivity index (χ0v) is 48.7. The second-order valence-corrected chi connectivity index (χ2v) is 28.6. The lowest BCUT2D eigenvalue weighted by molar-refractivity contribution is 0.358. The first kappa shape index (κ1) is 55.2. The maximum Gasteiger partial charge on any atom is 0.158 e. The predicted octanol–water partition coefficient (Wildman–Crippen LogP) is 18.5. The maximum atomic E-state index is 4.79. The predicted molar refractivity (Wildman–Crippen MR) is 306 cm³/mol. The number of nitrogens with zero attached hydrogens (tertiary/aromatic N) is 4. The molecular weight excluding hydrogens is 859 g/mol. The summed E-state index contributed by atoms with van der Waals surface area (Å²) >= 11 is 1.99. The largest absolute Gasteiger partial charge is 0.360 e. The van der Waals surface area contributed by atoms with Crippen LogP contribution < -0.4 is 0 Å². The quantitative estimate of drug-likeness (QED) is 0.165. The van der Waals surface area contributed by atoms with Crippen molar-refractivity contribution in [2.45, 2.75) is 210 Å². The van der Waals surface area contributed by atoms with E-state index in [0.29, 0.717) is 0 Å². The van der Waals surface area contributed by atoms with E-state index in [-0.39, 0.29) is 43.4 Å². The number of benzene rings is 3. The van der Waals surface area contributed by atoms with E-state index in [2.05, 4.69) is 267 Å². The topological polar surface area (TPSA) is 51.4 Å². The van der Waals surface area contributed by atoms with E-state index in [1.807, 2.05) is 28.3 Å². The second-order valence-electron chi connectivity index (χ2n) is 27.6. The smallest absolute Gasteiger partial charge is 0.158 e. The molecule has 374 valence electrons. The first-order chi connectivity index (χ1) is 31.3. The first-order valence-electron chi connectivity index (χ1n) is 25.3. The molecule has 5 aromatic heterocycles. The fourth-order valence-corrected chi connectivity index (χ4v) is 11.1. The maximum absolute atomic E-state index is 4.79. The number of hydrogen-bond acceptors (Lipinski definition) is 3. The van der Waals surface area contributed by atoms with Crippen molar-refractivity contribution in [3.8, 4) is 0 Å². The Morgan fingerprint density at radius 1 is 0.391 bits per heavy atom. The van der Waals surface area contributed by atoms with E-state index in [9.17, 15) is 0 Å². The molecular formula is C63H91N5S. The summed E-state index contributed by atoms with van der Waals surface area (Å²) in [4.78, 5) is 11.2.